The van der Waals surface area contributed by atoms with Gasteiger partial charge in [0.15, 0.2) is 5.78 Å². The molecule has 0 aliphatic heterocycles. The van der Waals surface area contributed by atoms with Gasteiger partial charge in [-0.1, -0.05) is 72.8 Å². The molecule has 3 aromatic rings. The van der Waals surface area contributed by atoms with Gasteiger partial charge in [0.05, 0.1) is 13.2 Å². The first-order chi connectivity index (χ1) is 13.5. The molecule has 0 aromatic heterocycles. The van der Waals surface area contributed by atoms with Crippen molar-refractivity contribution in [2.24, 2.45) is 0 Å². The number of carbonyl (C=O) groups excluding carboxylic acids is 1. The van der Waals surface area contributed by atoms with E-state index in [0.717, 1.165) is 11.1 Å². The third-order valence-corrected chi connectivity index (χ3v) is 3.31. The number of hydrogen-bond donors (Lipinski definition) is 4. The van der Waals surface area contributed by atoms with Gasteiger partial charge >= 0.3 is 5.97 Å². The van der Waals surface area contributed by atoms with E-state index in [9.17, 15) is 9.59 Å². The molecule has 0 saturated heterocycles. The van der Waals surface area contributed by atoms with Gasteiger partial charge in [-0.2, -0.15) is 0 Å². The Kier molecular flexibility index (Phi) is 10.3. The fourth-order valence-corrected chi connectivity index (χ4v) is 2.00. The van der Waals surface area contributed by atoms with Crippen LogP contribution in [0.25, 0.3) is 0 Å². The molecule has 0 unspecified atom stereocenters. The molecule has 0 radical (unpaired) electrons. The maximum absolute atomic E-state index is 11.8. The quantitative estimate of drug-likeness (QED) is 0.516. The van der Waals surface area contributed by atoms with Gasteiger partial charge in [-0.05, 0) is 12.1 Å². The third kappa shape index (κ3) is 7.82. The number of aromatic hydroxyl groups is 1. The van der Waals surface area contributed by atoms with Crippen molar-refractivity contribution in [3.8, 4) is 5.75 Å². The first-order valence-corrected chi connectivity index (χ1v) is 8.39. The number of aliphatic hydroxyl groups excluding tert-OH is 2. The lowest BCUT2D eigenvalue weighted by molar-refractivity contribution is 0.0693. The Labute approximate surface area is 163 Å². The summed E-state index contributed by atoms with van der Waals surface area (Å²) in [6.07, 6.45) is 0. The van der Waals surface area contributed by atoms with E-state index < -0.39 is 5.97 Å². The van der Waals surface area contributed by atoms with Crippen LogP contribution < -0.4 is 0 Å². The van der Waals surface area contributed by atoms with Crippen molar-refractivity contribution in [2.45, 2.75) is 0 Å². The summed E-state index contributed by atoms with van der Waals surface area (Å²) in [4.78, 5) is 22.1. The molecule has 28 heavy (non-hydrogen) atoms. The Morgan fingerprint density at radius 3 is 1.36 bits per heavy atom. The number of aromatic carboxylic acids is 1. The number of rotatable bonds is 4. The molecule has 6 nitrogen and oxygen atoms in total. The summed E-state index contributed by atoms with van der Waals surface area (Å²) in [6, 6.07) is 24.4. The van der Waals surface area contributed by atoms with Crippen molar-refractivity contribution in [1.82, 2.24) is 0 Å². The second kappa shape index (κ2) is 12.8. The van der Waals surface area contributed by atoms with Crippen molar-refractivity contribution in [3.63, 3.8) is 0 Å². The zero-order valence-corrected chi connectivity index (χ0v) is 15.1. The van der Waals surface area contributed by atoms with Crippen LogP contribution in [0.4, 0.5) is 0 Å². The molecular weight excluding hydrogens is 360 g/mol. The summed E-state index contributed by atoms with van der Waals surface area (Å²) in [7, 11) is 0. The monoisotopic (exact) mass is 382 g/mol. The minimum Gasteiger partial charge on any atom is -0.507 e. The second-order valence-electron chi connectivity index (χ2n) is 5.33. The minimum absolute atomic E-state index is 0.0671. The molecule has 146 valence electrons. The van der Waals surface area contributed by atoms with Crippen LogP contribution in [0.15, 0.2) is 84.9 Å². The van der Waals surface area contributed by atoms with E-state index in [4.69, 9.17) is 20.4 Å². The third-order valence-electron chi connectivity index (χ3n) is 3.31. The van der Waals surface area contributed by atoms with Gasteiger partial charge in [0.25, 0.3) is 0 Å². The maximum Gasteiger partial charge on any atom is 0.339 e. The molecule has 0 heterocycles. The summed E-state index contributed by atoms with van der Waals surface area (Å²) in [5.41, 5.74) is 1.40. The van der Waals surface area contributed by atoms with Gasteiger partial charge in [0.1, 0.15) is 11.3 Å². The number of benzene rings is 3. The van der Waals surface area contributed by atoms with Crippen LogP contribution >= 0.6 is 0 Å². The maximum atomic E-state index is 11.8. The highest BCUT2D eigenvalue weighted by molar-refractivity contribution is 6.08. The largest absolute Gasteiger partial charge is 0.507 e. The zero-order valence-electron chi connectivity index (χ0n) is 15.1. The van der Waals surface area contributed by atoms with E-state index in [1.807, 2.05) is 60.7 Å². The lowest BCUT2D eigenvalue weighted by atomic mass is 10.0. The summed E-state index contributed by atoms with van der Waals surface area (Å²) < 4.78 is 0. The highest BCUT2D eigenvalue weighted by Crippen LogP contribution is 2.14. The lowest BCUT2D eigenvalue weighted by Gasteiger charge is -1.99. The average molecular weight is 382 g/mol. The van der Waals surface area contributed by atoms with Crippen molar-refractivity contribution in [3.05, 3.63) is 102 Å². The second-order valence-corrected chi connectivity index (χ2v) is 5.33. The van der Waals surface area contributed by atoms with E-state index in [-0.39, 0.29) is 30.3 Å². The number of carboxylic acid groups (broad SMARTS) is 1. The summed E-state index contributed by atoms with van der Waals surface area (Å²) >= 11 is 0. The van der Waals surface area contributed by atoms with E-state index in [0.29, 0.717) is 0 Å². The Balaban J connectivity index is 0.000000245. The van der Waals surface area contributed by atoms with Crippen molar-refractivity contribution in [1.29, 1.82) is 0 Å². The van der Waals surface area contributed by atoms with E-state index in [1.165, 1.54) is 12.1 Å². The SMILES string of the molecule is O=C(O)c1ccccc1O.O=C(c1ccccc1)c1ccccc1.OCCO. The van der Waals surface area contributed by atoms with Gasteiger partial charge in [0.2, 0.25) is 0 Å². The fourth-order valence-electron chi connectivity index (χ4n) is 2.00. The van der Waals surface area contributed by atoms with E-state index in [2.05, 4.69) is 0 Å². The molecule has 0 amide bonds. The van der Waals surface area contributed by atoms with Crippen LogP contribution in [0.2, 0.25) is 0 Å². The smallest absolute Gasteiger partial charge is 0.339 e. The Hall–Kier alpha value is -3.48. The topological polar surface area (TPSA) is 115 Å². The summed E-state index contributed by atoms with van der Waals surface area (Å²) in [5, 5.41) is 32.6. The Bertz CT molecular complexity index is 804. The van der Waals surface area contributed by atoms with Crippen molar-refractivity contribution in [2.75, 3.05) is 13.2 Å². The number of para-hydroxylation sites is 1. The van der Waals surface area contributed by atoms with Crippen LogP contribution in [-0.4, -0.2) is 45.4 Å². The molecule has 0 spiro atoms. The highest BCUT2D eigenvalue weighted by atomic mass is 16.4. The van der Waals surface area contributed by atoms with Crippen LogP contribution in [0, 0.1) is 0 Å². The number of carboxylic acids is 1. The molecule has 3 rings (SSSR count). The van der Waals surface area contributed by atoms with Crippen LogP contribution in [0.1, 0.15) is 26.3 Å². The van der Waals surface area contributed by atoms with Gasteiger partial charge in [-0.15, -0.1) is 0 Å². The number of aliphatic hydroxyl groups is 2. The predicted molar refractivity (Wildman–Crippen MR) is 106 cm³/mol. The van der Waals surface area contributed by atoms with Crippen LogP contribution in [0.3, 0.4) is 0 Å². The number of carbonyl (C=O) groups is 2. The number of hydrogen-bond acceptors (Lipinski definition) is 5. The molecule has 0 atom stereocenters. The standard InChI is InChI=1S/C13H10O.C7H6O3.C2H6O2/c14-13(11-7-3-1-4-8-11)12-9-5-2-6-10-12;8-6-4-2-1-3-5(6)7(9)10;3-1-2-4/h1-10H;1-4,8H,(H,9,10);3-4H,1-2H2. The normalized spacial score (nSPS) is 9.21. The Morgan fingerprint density at radius 2 is 1.04 bits per heavy atom. The highest BCUT2D eigenvalue weighted by Gasteiger charge is 2.06. The molecule has 0 fully saturated rings. The average Bonchev–Trinajstić information content (AvgIpc) is 2.75. The lowest BCUT2D eigenvalue weighted by Crippen LogP contribution is -1.99. The Morgan fingerprint density at radius 1 is 0.643 bits per heavy atom. The molecule has 4 N–H and O–H groups in total. The van der Waals surface area contributed by atoms with Crippen LogP contribution in [-0.2, 0) is 0 Å². The summed E-state index contributed by atoms with van der Waals surface area (Å²) in [5.74, 6) is -1.24. The zero-order chi connectivity index (χ0) is 20.8. The molecule has 0 aliphatic rings. The molecular formula is C22H22O6. The number of phenols is 1. The van der Waals surface area contributed by atoms with E-state index in [1.54, 1.807) is 12.1 Å². The van der Waals surface area contributed by atoms with Crippen molar-refractivity contribution < 1.29 is 30.0 Å². The first kappa shape index (κ1) is 22.6. The molecule has 0 bridgehead atoms. The molecule has 6 heteroatoms. The molecule has 0 aliphatic carbocycles. The fraction of sp³-hybridized carbons (Fsp3) is 0.0909. The van der Waals surface area contributed by atoms with Crippen molar-refractivity contribution >= 4 is 11.8 Å². The van der Waals surface area contributed by atoms with Crippen LogP contribution in [0.5, 0.6) is 5.75 Å². The first-order valence-electron chi connectivity index (χ1n) is 8.39. The summed E-state index contributed by atoms with van der Waals surface area (Å²) in [6.45, 7) is -0.250. The number of ketones is 1. The molecule has 3 aromatic carbocycles. The van der Waals surface area contributed by atoms with Gasteiger partial charge in [-0.25, -0.2) is 4.79 Å². The minimum atomic E-state index is -1.11. The van der Waals surface area contributed by atoms with E-state index >= 15 is 0 Å². The van der Waals surface area contributed by atoms with Gasteiger partial charge in [0, 0.05) is 11.1 Å². The van der Waals surface area contributed by atoms with Gasteiger partial charge < -0.3 is 20.4 Å². The van der Waals surface area contributed by atoms with Gasteiger partial charge in [-0.3, -0.25) is 4.79 Å². The predicted octanol–water partition coefficient (Wildman–Crippen LogP) is 2.98. The molecule has 0 saturated carbocycles.